The predicted octanol–water partition coefficient (Wildman–Crippen LogP) is -3.28. The van der Waals surface area contributed by atoms with Crippen molar-refractivity contribution >= 4 is 11.5 Å². The number of anilines is 1. The molecule has 0 radical (unpaired) electrons. The van der Waals surface area contributed by atoms with Crippen LogP contribution in [-0.2, 0) is 0 Å². The molecule has 1 aliphatic rings. The Morgan fingerprint density at radius 1 is 1.09 bits per heavy atom. The van der Waals surface area contributed by atoms with Gasteiger partial charge in [0, 0.05) is 26.2 Å². The lowest BCUT2D eigenvalue weighted by molar-refractivity contribution is -2.00. The molecule has 0 saturated carbocycles. The van der Waals surface area contributed by atoms with Crippen LogP contribution < -0.4 is 23.5 Å². The fourth-order valence-electron chi connectivity index (χ4n) is 2.40. The van der Waals surface area contributed by atoms with Gasteiger partial charge in [0.25, 0.3) is 5.84 Å². The van der Waals surface area contributed by atoms with Gasteiger partial charge in [-0.05, 0) is 24.3 Å². The number of hydrogen-bond acceptors (Lipinski definition) is 6. The van der Waals surface area contributed by atoms with Crippen LogP contribution in [0.3, 0.4) is 0 Å². The highest BCUT2D eigenvalue weighted by Crippen LogP contribution is 2.15. The van der Waals surface area contributed by atoms with Crippen LogP contribution in [0.2, 0.25) is 0 Å². The maximum atomic E-state index is 8.49. The van der Waals surface area contributed by atoms with E-state index in [-0.39, 0.29) is 0 Å². The second-order valence-electron chi connectivity index (χ2n) is 5.34. The van der Waals surface area contributed by atoms with Crippen LogP contribution in [-0.4, -0.2) is 56.6 Å². The van der Waals surface area contributed by atoms with Crippen molar-refractivity contribution in [2.45, 2.75) is 6.42 Å². The molecule has 0 aliphatic carbocycles. The van der Waals surface area contributed by atoms with E-state index in [1.54, 1.807) is 0 Å². The SMILES string of the molecule is CN1CCC[N+](C)=C1c1ccc(N(C)C)cc1.[O-][Cl+3]([O-])([O-])[O-]. The van der Waals surface area contributed by atoms with Crippen LogP contribution in [0, 0.1) is 10.2 Å². The van der Waals surface area contributed by atoms with Crippen molar-refractivity contribution in [1.29, 1.82) is 0 Å². The van der Waals surface area contributed by atoms with Gasteiger partial charge in [0.15, 0.2) is 0 Å². The molecule has 0 atom stereocenters. The zero-order valence-corrected chi connectivity index (χ0v) is 14.0. The summed E-state index contributed by atoms with van der Waals surface area (Å²) < 4.78 is 36.3. The summed E-state index contributed by atoms with van der Waals surface area (Å²) in [5, 5.41) is 0. The van der Waals surface area contributed by atoms with Crippen molar-refractivity contribution in [2.24, 2.45) is 0 Å². The van der Waals surface area contributed by atoms with Crippen LogP contribution in [0.1, 0.15) is 12.0 Å². The van der Waals surface area contributed by atoms with Crippen LogP contribution in [0.15, 0.2) is 24.3 Å². The summed E-state index contributed by atoms with van der Waals surface area (Å²) in [6.07, 6.45) is 1.24. The summed E-state index contributed by atoms with van der Waals surface area (Å²) >= 11 is 0. The fraction of sp³-hybridized carbons (Fsp3) is 0.500. The van der Waals surface area contributed by atoms with Gasteiger partial charge in [-0.3, -0.25) is 9.48 Å². The molecule has 0 amide bonds. The highest BCUT2D eigenvalue weighted by molar-refractivity contribution is 5.95. The second-order valence-corrected chi connectivity index (χ2v) is 6.10. The average Bonchev–Trinajstić information content (AvgIpc) is 2.37. The predicted molar refractivity (Wildman–Crippen MR) is 73.2 cm³/mol. The highest BCUT2D eigenvalue weighted by atomic mass is 35.7. The van der Waals surface area contributed by atoms with E-state index in [0.29, 0.717) is 0 Å². The lowest BCUT2D eigenvalue weighted by Crippen LogP contribution is -2.68. The first-order chi connectivity index (χ1) is 10.1. The largest absolute Gasteiger partial charge is 0.378 e. The highest BCUT2D eigenvalue weighted by Gasteiger charge is 2.23. The van der Waals surface area contributed by atoms with Gasteiger partial charge in [-0.1, -0.05) is 0 Å². The van der Waals surface area contributed by atoms with Gasteiger partial charge >= 0.3 is 0 Å². The normalized spacial score (nSPS) is 15.4. The molecule has 1 aromatic carbocycles. The van der Waals surface area contributed by atoms with Gasteiger partial charge in [-0.25, -0.2) is 18.6 Å². The van der Waals surface area contributed by atoms with Crippen molar-refractivity contribution in [3.63, 3.8) is 0 Å². The standard InChI is InChI=1S/C14H22N3.ClHO4/c1-15(2)13-8-6-12(7-9-13)14-16(3)10-5-11-17(14)4;2-1(3,4)5/h6-9H,5,10-11H2,1-4H3;(H,2,3,4,5)/q+1;/p-1. The van der Waals surface area contributed by atoms with Crippen molar-refractivity contribution in [3.05, 3.63) is 29.8 Å². The Morgan fingerprint density at radius 3 is 2.00 bits per heavy atom. The molecule has 7 nitrogen and oxygen atoms in total. The number of hydrogen-bond donors (Lipinski definition) is 0. The Hall–Kier alpha value is -1.38. The van der Waals surface area contributed by atoms with E-state index >= 15 is 0 Å². The number of rotatable bonds is 2. The maximum Gasteiger partial charge on any atom is 0.278 e. The van der Waals surface area contributed by atoms with Gasteiger partial charge < -0.3 is 4.90 Å². The molecule has 0 spiro atoms. The molecule has 1 aromatic rings. The van der Waals surface area contributed by atoms with Crippen molar-refractivity contribution < 1.29 is 33.5 Å². The second kappa shape index (κ2) is 7.75. The van der Waals surface area contributed by atoms with Gasteiger partial charge in [0.2, 0.25) is 0 Å². The Labute approximate surface area is 133 Å². The van der Waals surface area contributed by atoms with Gasteiger partial charge in [-0.2, -0.15) is 0 Å². The fourth-order valence-corrected chi connectivity index (χ4v) is 2.40. The summed E-state index contributed by atoms with van der Waals surface area (Å²) in [7, 11) is 3.54. The molecule has 1 aliphatic heterocycles. The first-order valence-corrected chi connectivity index (χ1v) is 8.02. The molecule has 8 heteroatoms. The van der Waals surface area contributed by atoms with Crippen LogP contribution >= 0.6 is 0 Å². The first kappa shape index (κ1) is 18.7. The Morgan fingerprint density at radius 2 is 1.59 bits per heavy atom. The Kier molecular flexibility index (Phi) is 6.58. The number of amidine groups is 1. The van der Waals surface area contributed by atoms with Crippen LogP contribution in [0.5, 0.6) is 0 Å². The van der Waals surface area contributed by atoms with E-state index in [1.807, 2.05) is 0 Å². The quantitative estimate of drug-likeness (QED) is 0.527. The Bertz CT molecular complexity index is 506. The summed E-state index contributed by atoms with van der Waals surface area (Å²) in [5.41, 5.74) is 2.55. The molecule has 0 fully saturated rings. The first-order valence-electron chi connectivity index (χ1n) is 6.78. The molecular weight excluding hydrogens is 310 g/mol. The molecule has 22 heavy (non-hydrogen) atoms. The van der Waals surface area contributed by atoms with Gasteiger partial charge in [0.1, 0.15) is 0 Å². The van der Waals surface area contributed by atoms with E-state index in [1.165, 1.54) is 23.5 Å². The molecule has 0 unspecified atom stereocenters. The molecule has 2 rings (SSSR count). The molecule has 0 saturated heterocycles. The minimum atomic E-state index is -4.94. The Balaban J connectivity index is 0.000000422. The van der Waals surface area contributed by atoms with E-state index < -0.39 is 10.2 Å². The van der Waals surface area contributed by atoms with E-state index in [9.17, 15) is 0 Å². The third-order valence-electron chi connectivity index (χ3n) is 3.35. The minimum absolute atomic E-state index is 1.15. The summed E-state index contributed by atoms with van der Waals surface area (Å²) in [6, 6.07) is 8.78. The van der Waals surface area contributed by atoms with Gasteiger partial charge in [0.05, 0.1) is 32.7 Å². The van der Waals surface area contributed by atoms with Crippen molar-refractivity contribution in [3.8, 4) is 0 Å². The maximum absolute atomic E-state index is 8.49. The van der Waals surface area contributed by atoms with Crippen LogP contribution in [0.25, 0.3) is 0 Å². The monoisotopic (exact) mass is 331 g/mol. The molecule has 124 valence electrons. The molecule has 0 N–H and O–H groups in total. The third-order valence-corrected chi connectivity index (χ3v) is 3.35. The molecule has 0 aromatic heterocycles. The number of nitrogens with zero attached hydrogens (tertiary/aromatic N) is 3. The van der Waals surface area contributed by atoms with Crippen LogP contribution in [0.4, 0.5) is 5.69 Å². The van der Waals surface area contributed by atoms with E-state index in [4.69, 9.17) is 18.6 Å². The van der Waals surface area contributed by atoms with Crippen molar-refractivity contribution in [2.75, 3.05) is 46.2 Å². The summed E-state index contributed by atoms with van der Waals surface area (Å²) in [6.45, 7) is 2.30. The van der Waals surface area contributed by atoms with E-state index in [2.05, 4.69) is 66.8 Å². The average molecular weight is 332 g/mol. The third kappa shape index (κ3) is 6.17. The lowest BCUT2D eigenvalue weighted by Gasteiger charge is -2.22. The molecule has 1 heterocycles. The van der Waals surface area contributed by atoms with Crippen molar-refractivity contribution in [1.82, 2.24) is 4.90 Å². The topological polar surface area (TPSA) is 102 Å². The lowest BCUT2D eigenvalue weighted by atomic mass is 10.1. The molecular formula is C14H22ClN3O4. The van der Waals surface area contributed by atoms with E-state index in [0.717, 1.165) is 13.1 Å². The minimum Gasteiger partial charge on any atom is -0.378 e. The zero-order chi connectivity index (χ0) is 16.9. The molecule has 0 bridgehead atoms. The zero-order valence-electron chi connectivity index (χ0n) is 13.3. The van der Waals surface area contributed by atoms with Gasteiger partial charge in [-0.15, -0.1) is 10.2 Å². The summed E-state index contributed by atoms with van der Waals surface area (Å²) in [5.74, 6) is 1.33. The number of benzene rings is 1. The number of halogens is 1. The summed E-state index contributed by atoms with van der Waals surface area (Å²) in [4.78, 5) is 4.47. The smallest absolute Gasteiger partial charge is 0.278 e.